The molecule has 7 aromatic carbocycles. The molecule has 1 unspecified atom stereocenters. The number of hydrogen-bond acceptors (Lipinski definition) is 4. The Morgan fingerprint density at radius 1 is 0.441 bits per heavy atom. The van der Waals surface area contributed by atoms with Crippen LogP contribution in [0.25, 0.3) is 78.3 Å². The number of fused-ring (bicyclic) bond motifs is 3. The average molecular weight is 763 g/mol. The van der Waals surface area contributed by atoms with Crippen LogP contribution in [0.2, 0.25) is 0 Å². The number of nitriles is 1. The molecule has 0 N–H and O–H groups in total. The van der Waals surface area contributed by atoms with Gasteiger partial charge in [0, 0.05) is 16.7 Å². The molecular weight excluding hydrogens is 717 g/mol. The highest BCUT2D eigenvalue weighted by atomic mass is 15.0. The maximum atomic E-state index is 9.32. The van der Waals surface area contributed by atoms with Gasteiger partial charge in [-0.25, -0.2) is 15.0 Å². The van der Waals surface area contributed by atoms with Crippen molar-refractivity contribution in [3.05, 3.63) is 175 Å². The van der Waals surface area contributed by atoms with Crippen molar-refractivity contribution in [2.24, 2.45) is 17.8 Å². The Labute approximate surface area is 347 Å². The van der Waals surface area contributed by atoms with E-state index in [1.54, 1.807) is 0 Å². The van der Waals surface area contributed by atoms with E-state index in [9.17, 15) is 5.26 Å². The van der Waals surface area contributed by atoms with Crippen molar-refractivity contribution >= 4 is 10.8 Å². The summed E-state index contributed by atoms with van der Waals surface area (Å²) in [6, 6.07) is 59.8. The first-order valence-corrected chi connectivity index (χ1v) is 21.1. The van der Waals surface area contributed by atoms with Gasteiger partial charge in [-0.2, -0.15) is 5.26 Å². The zero-order chi connectivity index (χ0) is 39.9. The fourth-order valence-electron chi connectivity index (χ4n) is 10.7. The standard InChI is InChI=1S/C55H46N4/c1-36-30-39-31-37(2)33-55(32-36,34-39)45-26-24-42(25-27-45)46-12-6-9-15-51(46)54-58-52(43-10-4-3-5-11-43)57-53(59-54)44-22-20-41(21-23-44)48-29-28-47(49-13-7-8-14-50(48)49)40-18-16-38(35-56)17-19-40/h3-29,36-37,39H,30-34H2,1-2H3/t36-,37+,39-,55?. The lowest BCUT2D eigenvalue weighted by atomic mass is 9.54. The second kappa shape index (κ2) is 15.2. The van der Waals surface area contributed by atoms with Crippen LogP contribution < -0.4 is 0 Å². The molecule has 0 aliphatic heterocycles. The first kappa shape index (κ1) is 36.6. The molecule has 2 saturated carbocycles. The molecule has 4 nitrogen and oxygen atoms in total. The van der Waals surface area contributed by atoms with Crippen LogP contribution in [0.3, 0.4) is 0 Å². The lowest BCUT2D eigenvalue weighted by Crippen LogP contribution is -2.42. The molecule has 59 heavy (non-hydrogen) atoms. The van der Waals surface area contributed by atoms with E-state index in [1.807, 2.05) is 42.5 Å². The molecule has 2 aliphatic rings. The van der Waals surface area contributed by atoms with Crippen LogP contribution in [0.15, 0.2) is 164 Å². The third kappa shape index (κ3) is 7.02. The molecule has 2 bridgehead atoms. The Bertz CT molecular complexity index is 2820. The zero-order valence-electron chi connectivity index (χ0n) is 33.6. The SMILES string of the molecule is C[C@@H]1C[C@@H]2C[C@H](C)CC(c3ccc(-c4ccccc4-c4nc(-c5ccccc5)nc(-c5ccc(-c6ccc(-c7ccc(C#N)cc7)c7ccccc67)cc5)n4)cc3)(C1)C2. The lowest BCUT2D eigenvalue weighted by Gasteiger charge is -2.50. The second-order valence-electron chi connectivity index (χ2n) is 17.2. The van der Waals surface area contributed by atoms with Crippen LogP contribution in [-0.4, -0.2) is 15.0 Å². The number of nitrogens with zero attached hydrogens (tertiary/aromatic N) is 4. The van der Waals surface area contributed by atoms with Gasteiger partial charge in [0.05, 0.1) is 11.6 Å². The monoisotopic (exact) mass is 762 g/mol. The first-order chi connectivity index (χ1) is 28.9. The van der Waals surface area contributed by atoms with Gasteiger partial charge < -0.3 is 0 Å². The van der Waals surface area contributed by atoms with E-state index in [0.717, 1.165) is 62.3 Å². The molecule has 0 saturated heterocycles. The quantitative estimate of drug-likeness (QED) is 0.162. The number of hydrogen-bond donors (Lipinski definition) is 0. The van der Waals surface area contributed by atoms with E-state index in [2.05, 4.69) is 141 Å². The van der Waals surface area contributed by atoms with Gasteiger partial charge in [0.25, 0.3) is 0 Å². The van der Waals surface area contributed by atoms with Crippen LogP contribution in [0.1, 0.15) is 57.1 Å². The fourth-order valence-corrected chi connectivity index (χ4v) is 10.7. The van der Waals surface area contributed by atoms with E-state index < -0.39 is 0 Å². The maximum Gasteiger partial charge on any atom is 0.164 e. The molecule has 8 aromatic rings. The van der Waals surface area contributed by atoms with Crippen molar-refractivity contribution in [2.75, 3.05) is 0 Å². The molecule has 286 valence electrons. The minimum Gasteiger partial charge on any atom is -0.208 e. The zero-order valence-corrected chi connectivity index (χ0v) is 33.6. The molecule has 10 rings (SSSR count). The Kier molecular flexibility index (Phi) is 9.46. The van der Waals surface area contributed by atoms with E-state index >= 15 is 0 Å². The average Bonchev–Trinajstić information content (AvgIpc) is 3.28. The van der Waals surface area contributed by atoms with E-state index in [1.165, 1.54) is 54.0 Å². The highest BCUT2D eigenvalue weighted by Gasteiger charge is 2.45. The van der Waals surface area contributed by atoms with Crippen molar-refractivity contribution in [3.63, 3.8) is 0 Å². The Balaban J connectivity index is 1.01. The minimum atomic E-state index is 0.296. The molecular formula is C55H46N4. The summed E-state index contributed by atoms with van der Waals surface area (Å²) in [6.45, 7) is 4.92. The van der Waals surface area contributed by atoms with E-state index in [-0.39, 0.29) is 0 Å². The fraction of sp³-hybridized carbons (Fsp3) is 0.200. The molecule has 0 radical (unpaired) electrons. The van der Waals surface area contributed by atoms with Gasteiger partial charge in [-0.1, -0.05) is 166 Å². The molecule has 2 fully saturated rings. The lowest BCUT2D eigenvalue weighted by molar-refractivity contribution is 0.0780. The molecule has 1 aromatic heterocycles. The summed E-state index contributed by atoms with van der Waals surface area (Å²) < 4.78 is 0. The summed E-state index contributed by atoms with van der Waals surface area (Å²) >= 11 is 0. The summed E-state index contributed by atoms with van der Waals surface area (Å²) in [5.41, 5.74) is 12.1. The Hall–Kier alpha value is -6.70. The van der Waals surface area contributed by atoms with Crippen LogP contribution in [-0.2, 0) is 5.41 Å². The smallest absolute Gasteiger partial charge is 0.164 e. The van der Waals surface area contributed by atoms with E-state index in [4.69, 9.17) is 15.0 Å². The molecule has 1 heterocycles. The summed E-state index contributed by atoms with van der Waals surface area (Å²) in [5, 5.41) is 11.7. The molecule has 2 aliphatic carbocycles. The summed E-state index contributed by atoms with van der Waals surface area (Å²) in [5.74, 6) is 4.35. The second-order valence-corrected chi connectivity index (χ2v) is 17.2. The van der Waals surface area contributed by atoms with Gasteiger partial charge in [-0.05, 0) is 117 Å². The predicted molar refractivity (Wildman–Crippen MR) is 241 cm³/mol. The highest BCUT2D eigenvalue weighted by Crippen LogP contribution is 2.54. The van der Waals surface area contributed by atoms with Gasteiger partial charge in [0.15, 0.2) is 17.5 Å². The Morgan fingerprint density at radius 2 is 0.898 bits per heavy atom. The van der Waals surface area contributed by atoms with E-state index in [0.29, 0.717) is 28.5 Å². The number of aromatic nitrogens is 3. The molecule has 4 heteroatoms. The highest BCUT2D eigenvalue weighted by molar-refractivity contribution is 6.05. The van der Waals surface area contributed by atoms with Crippen molar-refractivity contribution < 1.29 is 0 Å². The molecule has 0 amide bonds. The third-order valence-corrected chi connectivity index (χ3v) is 13.0. The first-order valence-electron chi connectivity index (χ1n) is 21.1. The van der Waals surface area contributed by atoms with Gasteiger partial charge in [-0.3, -0.25) is 0 Å². The Morgan fingerprint density at radius 3 is 1.49 bits per heavy atom. The van der Waals surface area contributed by atoms with Crippen LogP contribution in [0, 0.1) is 29.1 Å². The van der Waals surface area contributed by atoms with Gasteiger partial charge >= 0.3 is 0 Å². The van der Waals surface area contributed by atoms with Gasteiger partial charge in [0.1, 0.15) is 0 Å². The summed E-state index contributed by atoms with van der Waals surface area (Å²) in [4.78, 5) is 15.4. The topological polar surface area (TPSA) is 62.5 Å². The van der Waals surface area contributed by atoms with Crippen LogP contribution in [0.5, 0.6) is 0 Å². The largest absolute Gasteiger partial charge is 0.208 e. The van der Waals surface area contributed by atoms with Crippen molar-refractivity contribution in [1.82, 2.24) is 15.0 Å². The van der Waals surface area contributed by atoms with Crippen LogP contribution >= 0.6 is 0 Å². The van der Waals surface area contributed by atoms with Crippen LogP contribution in [0.4, 0.5) is 0 Å². The summed E-state index contributed by atoms with van der Waals surface area (Å²) in [7, 11) is 0. The number of benzene rings is 7. The van der Waals surface area contributed by atoms with Crippen molar-refractivity contribution in [2.45, 2.75) is 51.4 Å². The normalized spacial score (nSPS) is 19.9. The predicted octanol–water partition coefficient (Wildman–Crippen LogP) is 14.0. The number of rotatable bonds is 7. The third-order valence-electron chi connectivity index (χ3n) is 13.0. The van der Waals surface area contributed by atoms with Crippen molar-refractivity contribution in [1.29, 1.82) is 5.26 Å². The molecule has 4 atom stereocenters. The van der Waals surface area contributed by atoms with Gasteiger partial charge in [0.2, 0.25) is 0 Å². The summed E-state index contributed by atoms with van der Waals surface area (Å²) in [6.07, 6.45) is 6.69. The minimum absolute atomic E-state index is 0.296. The van der Waals surface area contributed by atoms with Crippen molar-refractivity contribution in [3.8, 4) is 73.6 Å². The maximum absolute atomic E-state index is 9.32. The molecule has 0 spiro atoms. The van der Waals surface area contributed by atoms with Gasteiger partial charge in [-0.15, -0.1) is 0 Å².